The molecular formula is C76H143NO18. The summed E-state index contributed by atoms with van der Waals surface area (Å²) in [6.07, 6.45) is 41.8. The van der Waals surface area contributed by atoms with Gasteiger partial charge in [0.25, 0.3) is 0 Å². The minimum absolute atomic E-state index is 0.241. The van der Waals surface area contributed by atoms with E-state index in [2.05, 4.69) is 31.3 Å². The molecule has 0 aromatic heterocycles. The Morgan fingerprint density at radius 2 is 0.663 bits per heavy atom. The molecule has 0 aromatic rings. The summed E-state index contributed by atoms with van der Waals surface area (Å²) < 4.78 is 34.4. The van der Waals surface area contributed by atoms with Crippen LogP contribution in [0.1, 0.15) is 322 Å². The number of unbranched alkanes of at least 4 members (excludes halogenated alkanes) is 44. The van der Waals surface area contributed by atoms with Crippen molar-refractivity contribution < 1.29 is 89.4 Å². The SMILES string of the molecule is CCCCCCCC/C=C\CCCCCCCCCC(=O)NC(COC1OC(CO)C(OC2OC(CO)C(OC3OC(CO)C(O)C(O)C3O)C(O)C2O)C(O)C1O)C(O)/C=C/CCCCCCCCCCCCCCCCCCCCCCCCCCCCCCCCC. The zero-order chi connectivity index (χ0) is 68.9. The highest BCUT2D eigenvalue weighted by atomic mass is 16.8. The van der Waals surface area contributed by atoms with Crippen molar-refractivity contribution in [3.63, 3.8) is 0 Å². The van der Waals surface area contributed by atoms with Gasteiger partial charge >= 0.3 is 0 Å². The Hall–Kier alpha value is -1.73. The third-order valence-electron chi connectivity index (χ3n) is 19.7. The fourth-order valence-electron chi connectivity index (χ4n) is 13.4. The van der Waals surface area contributed by atoms with Crippen LogP contribution < -0.4 is 5.32 Å². The zero-order valence-electron chi connectivity index (χ0n) is 59.7. The molecule has 0 saturated carbocycles. The summed E-state index contributed by atoms with van der Waals surface area (Å²) in [5, 5.41) is 121. The number of carbonyl (C=O) groups is 1. The van der Waals surface area contributed by atoms with Crippen LogP contribution in [0.2, 0.25) is 0 Å². The number of rotatable bonds is 62. The van der Waals surface area contributed by atoms with Crippen molar-refractivity contribution in [3.8, 4) is 0 Å². The van der Waals surface area contributed by atoms with Gasteiger partial charge in [0.15, 0.2) is 18.9 Å². The third-order valence-corrected chi connectivity index (χ3v) is 19.7. The maximum Gasteiger partial charge on any atom is 0.220 e. The maximum atomic E-state index is 13.4. The lowest BCUT2D eigenvalue weighted by Gasteiger charge is -2.48. The molecule has 0 bridgehead atoms. The second-order valence-corrected chi connectivity index (χ2v) is 28.2. The van der Waals surface area contributed by atoms with E-state index in [9.17, 15) is 61.0 Å². The highest BCUT2D eigenvalue weighted by Gasteiger charge is 2.53. The Morgan fingerprint density at radius 3 is 1.02 bits per heavy atom. The molecule has 3 aliphatic rings. The molecule has 3 saturated heterocycles. The zero-order valence-corrected chi connectivity index (χ0v) is 59.7. The van der Waals surface area contributed by atoms with Crippen LogP contribution in [0.15, 0.2) is 24.3 Å². The van der Waals surface area contributed by atoms with Crippen molar-refractivity contribution in [2.24, 2.45) is 0 Å². The molecule has 0 aromatic carbocycles. The molecule has 95 heavy (non-hydrogen) atoms. The molecule has 19 nitrogen and oxygen atoms in total. The number of hydrogen-bond acceptors (Lipinski definition) is 18. The molecule has 3 heterocycles. The van der Waals surface area contributed by atoms with Crippen LogP contribution in [0, 0.1) is 0 Å². The highest BCUT2D eigenvalue weighted by Crippen LogP contribution is 2.33. The van der Waals surface area contributed by atoms with Crippen LogP contribution >= 0.6 is 0 Å². The number of amides is 1. The summed E-state index contributed by atoms with van der Waals surface area (Å²) in [7, 11) is 0. The van der Waals surface area contributed by atoms with Crippen molar-refractivity contribution in [1.29, 1.82) is 0 Å². The molecule has 3 rings (SSSR count). The van der Waals surface area contributed by atoms with Crippen LogP contribution in [0.25, 0.3) is 0 Å². The average Bonchev–Trinajstić information content (AvgIpc) is 0.787. The number of nitrogens with one attached hydrogen (secondary N) is 1. The molecule has 3 aliphatic heterocycles. The average molecular weight is 1360 g/mol. The predicted octanol–water partition coefficient (Wildman–Crippen LogP) is 12.2. The molecule has 0 aliphatic carbocycles. The van der Waals surface area contributed by atoms with E-state index in [1.54, 1.807) is 6.08 Å². The van der Waals surface area contributed by atoms with Crippen molar-refractivity contribution in [3.05, 3.63) is 24.3 Å². The van der Waals surface area contributed by atoms with Gasteiger partial charge in [0.2, 0.25) is 5.91 Å². The first-order chi connectivity index (χ1) is 46.3. The molecule has 12 N–H and O–H groups in total. The Bertz CT molecular complexity index is 1810. The third kappa shape index (κ3) is 38.8. The summed E-state index contributed by atoms with van der Waals surface area (Å²) in [6, 6.07) is -0.975. The molecule has 17 atom stereocenters. The summed E-state index contributed by atoms with van der Waals surface area (Å²) in [4.78, 5) is 13.4. The first kappa shape index (κ1) is 87.5. The quantitative estimate of drug-likeness (QED) is 0.0199. The lowest BCUT2D eigenvalue weighted by molar-refractivity contribution is -0.379. The fourth-order valence-corrected chi connectivity index (χ4v) is 13.4. The fraction of sp³-hybridized carbons (Fsp3) is 0.934. The van der Waals surface area contributed by atoms with E-state index in [0.29, 0.717) is 6.42 Å². The van der Waals surface area contributed by atoms with Gasteiger partial charge in [-0.15, -0.1) is 0 Å². The minimum Gasteiger partial charge on any atom is -0.394 e. The van der Waals surface area contributed by atoms with Gasteiger partial charge in [-0.25, -0.2) is 0 Å². The number of aliphatic hydroxyl groups is 11. The number of allylic oxidation sites excluding steroid dienone is 3. The van der Waals surface area contributed by atoms with Crippen molar-refractivity contribution in [2.45, 2.75) is 426 Å². The van der Waals surface area contributed by atoms with E-state index < -0.39 is 124 Å². The van der Waals surface area contributed by atoms with Gasteiger partial charge in [0, 0.05) is 6.42 Å². The van der Waals surface area contributed by atoms with E-state index >= 15 is 0 Å². The standard InChI is InChI=1S/C76H143NO18/c1-3-5-7-9-11-13-15-17-19-21-22-23-24-25-26-27-28-29-30-31-32-33-34-35-36-38-39-41-43-45-47-49-51-53-60(81)59(77-64(82)54-52-50-48-46-44-42-40-37-20-18-16-14-12-10-8-6-4-2)58-90-74-70(88)67(85)72(62(56-79)92-74)95-76-71(89)68(86)73(63(57-80)93-76)94-75-69(87)66(84)65(83)61(55-78)91-75/h18,20,51,53,59-63,65-76,78-81,83-89H,3-17,19,21-50,52,54-58H2,1-2H3,(H,77,82)/b20-18-,53-51+. The van der Waals surface area contributed by atoms with E-state index in [1.807, 2.05) is 6.08 Å². The van der Waals surface area contributed by atoms with Crippen molar-refractivity contribution in [1.82, 2.24) is 5.32 Å². The van der Waals surface area contributed by atoms with Crippen molar-refractivity contribution in [2.75, 3.05) is 26.4 Å². The number of carbonyl (C=O) groups excluding carboxylic acids is 1. The summed E-state index contributed by atoms with van der Waals surface area (Å²) in [5.74, 6) is -0.276. The molecule has 17 unspecified atom stereocenters. The van der Waals surface area contributed by atoms with Crippen LogP contribution in [0.3, 0.4) is 0 Å². The van der Waals surface area contributed by atoms with Crippen LogP contribution in [-0.2, 0) is 33.2 Å². The molecule has 0 spiro atoms. The van der Waals surface area contributed by atoms with Gasteiger partial charge in [0.05, 0.1) is 38.6 Å². The normalized spacial score (nSPS) is 27.3. The number of ether oxygens (including phenoxy) is 6. The van der Waals surface area contributed by atoms with Gasteiger partial charge in [-0.05, 0) is 44.9 Å². The first-order valence-electron chi connectivity index (χ1n) is 39.1. The van der Waals surface area contributed by atoms with E-state index in [1.165, 1.54) is 238 Å². The maximum absolute atomic E-state index is 13.4. The highest BCUT2D eigenvalue weighted by molar-refractivity contribution is 5.76. The predicted molar refractivity (Wildman–Crippen MR) is 374 cm³/mol. The van der Waals surface area contributed by atoms with Crippen LogP contribution in [0.4, 0.5) is 0 Å². The number of hydrogen-bond donors (Lipinski definition) is 12. The molecule has 560 valence electrons. The van der Waals surface area contributed by atoms with E-state index in [-0.39, 0.29) is 18.9 Å². The Labute approximate surface area is 575 Å². The van der Waals surface area contributed by atoms with Crippen LogP contribution in [-0.4, -0.2) is 193 Å². The van der Waals surface area contributed by atoms with Gasteiger partial charge in [0.1, 0.15) is 73.2 Å². The monoisotopic (exact) mass is 1360 g/mol. The van der Waals surface area contributed by atoms with Gasteiger partial charge < -0.3 is 89.9 Å². The Kier molecular flexibility index (Phi) is 53.3. The number of aliphatic hydroxyl groups excluding tert-OH is 11. The molecule has 3 fully saturated rings. The molecule has 19 heteroatoms. The largest absolute Gasteiger partial charge is 0.394 e. The van der Waals surface area contributed by atoms with E-state index in [0.717, 1.165) is 57.8 Å². The first-order valence-corrected chi connectivity index (χ1v) is 39.1. The molecule has 0 radical (unpaired) electrons. The summed E-state index contributed by atoms with van der Waals surface area (Å²) >= 11 is 0. The van der Waals surface area contributed by atoms with Crippen LogP contribution in [0.5, 0.6) is 0 Å². The molecule has 1 amide bonds. The van der Waals surface area contributed by atoms with Crippen molar-refractivity contribution >= 4 is 5.91 Å². The lowest BCUT2D eigenvalue weighted by Crippen LogP contribution is -2.66. The summed E-state index contributed by atoms with van der Waals surface area (Å²) in [5.41, 5.74) is 0. The molecular weight excluding hydrogens is 1210 g/mol. The van der Waals surface area contributed by atoms with Gasteiger partial charge in [-0.2, -0.15) is 0 Å². The summed E-state index contributed by atoms with van der Waals surface area (Å²) in [6.45, 7) is 1.77. The topological polar surface area (TPSA) is 307 Å². The lowest BCUT2D eigenvalue weighted by atomic mass is 9.96. The Morgan fingerprint density at radius 1 is 0.368 bits per heavy atom. The minimum atomic E-state index is -1.98. The van der Waals surface area contributed by atoms with Gasteiger partial charge in [-0.1, -0.05) is 295 Å². The smallest absolute Gasteiger partial charge is 0.220 e. The Balaban J connectivity index is 1.36. The van der Waals surface area contributed by atoms with Gasteiger partial charge in [-0.3, -0.25) is 4.79 Å². The van der Waals surface area contributed by atoms with E-state index in [4.69, 9.17) is 28.4 Å². The second-order valence-electron chi connectivity index (χ2n) is 28.2. The second kappa shape index (κ2) is 57.8.